The Hall–Kier alpha value is -2.01. The number of nitrogens with zero attached hydrogens (tertiary/aromatic N) is 1. The van der Waals surface area contributed by atoms with Crippen molar-refractivity contribution in [1.82, 2.24) is 9.88 Å². The number of ether oxygens (including phenoxy) is 1. The smallest absolute Gasteiger partial charge is 0.408 e. The predicted octanol–water partition coefficient (Wildman–Crippen LogP) is 2.74. The van der Waals surface area contributed by atoms with Crippen LogP contribution in [0, 0.1) is 0 Å². The van der Waals surface area contributed by atoms with Crippen LogP contribution in [0.25, 0.3) is 10.9 Å². The SMILES string of the molecule is Cn1ccc2c([C@@H](CO)NC(=O)OC(C)(C)C)cccc21. The lowest BCUT2D eigenvalue weighted by atomic mass is 10.0. The summed E-state index contributed by atoms with van der Waals surface area (Å²) >= 11 is 0. The quantitative estimate of drug-likeness (QED) is 0.913. The lowest BCUT2D eigenvalue weighted by Crippen LogP contribution is -2.36. The van der Waals surface area contributed by atoms with Crippen molar-refractivity contribution in [3.63, 3.8) is 0 Å². The molecule has 0 unspecified atom stereocenters. The van der Waals surface area contributed by atoms with Crippen molar-refractivity contribution in [1.29, 1.82) is 0 Å². The number of rotatable bonds is 3. The third kappa shape index (κ3) is 3.55. The molecule has 0 bridgehead atoms. The van der Waals surface area contributed by atoms with E-state index in [-0.39, 0.29) is 6.61 Å². The van der Waals surface area contributed by atoms with Gasteiger partial charge in [-0.2, -0.15) is 0 Å². The Bertz CT molecular complexity index is 640. The number of hydrogen-bond acceptors (Lipinski definition) is 3. The van der Waals surface area contributed by atoms with Gasteiger partial charge in [-0.1, -0.05) is 12.1 Å². The van der Waals surface area contributed by atoms with Crippen LogP contribution in [0.3, 0.4) is 0 Å². The maximum atomic E-state index is 11.9. The molecule has 2 aromatic rings. The van der Waals surface area contributed by atoms with Gasteiger partial charge in [-0.25, -0.2) is 4.79 Å². The van der Waals surface area contributed by atoms with E-state index >= 15 is 0 Å². The van der Waals surface area contributed by atoms with Crippen molar-refractivity contribution in [2.24, 2.45) is 7.05 Å². The maximum absolute atomic E-state index is 11.9. The zero-order valence-electron chi connectivity index (χ0n) is 12.9. The lowest BCUT2D eigenvalue weighted by Gasteiger charge is -2.23. The van der Waals surface area contributed by atoms with Gasteiger partial charge in [0.1, 0.15) is 5.60 Å². The second kappa shape index (κ2) is 5.77. The number of carbonyl (C=O) groups excluding carboxylic acids is 1. The van der Waals surface area contributed by atoms with Crippen molar-refractivity contribution in [3.05, 3.63) is 36.0 Å². The first kappa shape index (κ1) is 15.4. The minimum absolute atomic E-state index is 0.187. The molecule has 1 atom stereocenters. The third-order valence-corrected chi connectivity index (χ3v) is 3.21. The van der Waals surface area contributed by atoms with E-state index in [4.69, 9.17) is 4.74 Å². The Labute approximate surface area is 124 Å². The van der Waals surface area contributed by atoms with E-state index < -0.39 is 17.7 Å². The van der Waals surface area contributed by atoms with Gasteiger partial charge in [0.05, 0.1) is 12.6 Å². The van der Waals surface area contributed by atoms with Gasteiger partial charge >= 0.3 is 6.09 Å². The third-order valence-electron chi connectivity index (χ3n) is 3.21. The van der Waals surface area contributed by atoms with Crippen LogP contribution in [0.4, 0.5) is 4.79 Å². The second-order valence-corrected chi connectivity index (χ2v) is 6.09. The first-order valence-electron chi connectivity index (χ1n) is 6.96. The minimum atomic E-state index is -0.567. The summed E-state index contributed by atoms with van der Waals surface area (Å²) in [5.41, 5.74) is 1.36. The average molecular weight is 290 g/mol. The van der Waals surface area contributed by atoms with Crippen LogP contribution in [0.15, 0.2) is 30.5 Å². The molecule has 1 aromatic heterocycles. The number of aryl methyl sites for hydroxylation is 1. The van der Waals surface area contributed by atoms with Crippen molar-refractivity contribution in [2.75, 3.05) is 6.61 Å². The molecule has 0 aliphatic heterocycles. The minimum Gasteiger partial charge on any atom is -0.444 e. The van der Waals surface area contributed by atoms with Crippen LogP contribution in [-0.4, -0.2) is 28.0 Å². The van der Waals surface area contributed by atoms with E-state index in [0.29, 0.717) is 0 Å². The van der Waals surface area contributed by atoms with E-state index in [1.54, 1.807) is 20.8 Å². The van der Waals surface area contributed by atoms with E-state index in [2.05, 4.69) is 5.32 Å². The van der Waals surface area contributed by atoms with Crippen LogP contribution in [-0.2, 0) is 11.8 Å². The fourth-order valence-electron chi connectivity index (χ4n) is 2.30. The molecule has 5 nitrogen and oxygen atoms in total. The fraction of sp³-hybridized carbons (Fsp3) is 0.438. The number of amides is 1. The molecule has 5 heteroatoms. The molecule has 21 heavy (non-hydrogen) atoms. The number of benzene rings is 1. The van der Waals surface area contributed by atoms with Gasteiger partial charge < -0.3 is 19.7 Å². The van der Waals surface area contributed by atoms with Crippen LogP contribution >= 0.6 is 0 Å². The molecule has 2 N–H and O–H groups in total. The highest BCUT2D eigenvalue weighted by atomic mass is 16.6. The highest BCUT2D eigenvalue weighted by molar-refractivity contribution is 5.84. The van der Waals surface area contributed by atoms with Gasteiger partial charge in [0, 0.05) is 24.1 Å². The molecule has 0 aliphatic carbocycles. The summed E-state index contributed by atoms with van der Waals surface area (Å²) < 4.78 is 7.24. The summed E-state index contributed by atoms with van der Waals surface area (Å²) in [4.78, 5) is 11.9. The normalized spacial score (nSPS) is 13.2. The second-order valence-electron chi connectivity index (χ2n) is 6.09. The molecule has 0 fully saturated rings. The van der Waals surface area contributed by atoms with Gasteiger partial charge in [-0.05, 0) is 38.5 Å². The van der Waals surface area contributed by atoms with E-state index in [1.165, 1.54) is 0 Å². The summed E-state index contributed by atoms with van der Waals surface area (Å²) in [5, 5.41) is 13.3. The van der Waals surface area contributed by atoms with E-state index in [0.717, 1.165) is 16.5 Å². The van der Waals surface area contributed by atoms with Crippen molar-refractivity contribution in [2.45, 2.75) is 32.4 Å². The van der Waals surface area contributed by atoms with Gasteiger partial charge in [-0.3, -0.25) is 0 Å². The Morgan fingerprint density at radius 1 is 1.38 bits per heavy atom. The van der Waals surface area contributed by atoms with Crippen molar-refractivity contribution in [3.8, 4) is 0 Å². The number of hydrogen-bond donors (Lipinski definition) is 2. The molecule has 0 radical (unpaired) electrons. The molecule has 2 rings (SSSR count). The molecular formula is C16H22N2O3. The summed E-state index contributed by atoms with van der Waals surface area (Å²) in [5.74, 6) is 0. The number of aromatic nitrogens is 1. The van der Waals surface area contributed by atoms with Gasteiger partial charge in [0.25, 0.3) is 0 Å². The van der Waals surface area contributed by atoms with E-state index in [1.807, 2.05) is 42.1 Å². The number of carbonyl (C=O) groups is 1. The van der Waals surface area contributed by atoms with E-state index in [9.17, 15) is 9.90 Å². The van der Waals surface area contributed by atoms with Crippen LogP contribution in [0.2, 0.25) is 0 Å². The van der Waals surface area contributed by atoms with Gasteiger partial charge in [0.2, 0.25) is 0 Å². The maximum Gasteiger partial charge on any atom is 0.408 e. The first-order valence-corrected chi connectivity index (χ1v) is 6.96. The zero-order chi connectivity index (χ0) is 15.6. The van der Waals surface area contributed by atoms with Crippen molar-refractivity contribution >= 4 is 17.0 Å². The highest BCUT2D eigenvalue weighted by Gasteiger charge is 2.21. The Morgan fingerprint density at radius 3 is 2.71 bits per heavy atom. The summed E-state index contributed by atoms with van der Waals surface area (Å²) in [6.07, 6.45) is 1.42. The molecule has 1 heterocycles. The summed E-state index contributed by atoms with van der Waals surface area (Å²) in [6, 6.07) is 7.30. The number of aliphatic hydroxyl groups is 1. The predicted molar refractivity (Wildman–Crippen MR) is 82.1 cm³/mol. The molecule has 1 aromatic carbocycles. The van der Waals surface area contributed by atoms with Crippen LogP contribution in [0.1, 0.15) is 32.4 Å². The number of nitrogens with one attached hydrogen (secondary N) is 1. The fourth-order valence-corrected chi connectivity index (χ4v) is 2.30. The molecule has 0 aliphatic rings. The Balaban J connectivity index is 2.26. The molecule has 114 valence electrons. The summed E-state index contributed by atoms with van der Waals surface area (Å²) in [6.45, 7) is 5.22. The number of aliphatic hydroxyl groups excluding tert-OH is 1. The summed E-state index contributed by atoms with van der Waals surface area (Å²) in [7, 11) is 1.96. The first-order chi connectivity index (χ1) is 9.81. The largest absolute Gasteiger partial charge is 0.444 e. The number of fused-ring (bicyclic) bond motifs is 1. The zero-order valence-corrected chi connectivity index (χ0v) is 12.9. The van der Waals surface area contributed by atoms with Gasteiger partial charge in [-0.15, -0.1) is 0 Å². The Morgan fingerprint density at radius 2 is 2.10 bits per heavy atom. The van der Waals surface area contributed by atoms with Crippen molar-refractivity contribution < 1.29 is 14.6 Å². The molecule has 0 spiro atoms. The number of alkyl carbamates (subject to hydrolysis) is 1. The Kier molecular flexibility index (Phi) is 4.23. The molecule has 0 saturated carbocycles. The standard InChI is InChI=1S/C16H22N2O3/c1-16(2,3)21-15(20)17-13(10-19)11-6-5-7-14-12(11)8-9-18(14)4/h5-9,13,19H,10H2,1-4H3,(H,17,20)/t13-/m1/s1. The molecule has 1 amide bonds. The molecule has 0 saturated heterocycles. The topological polar surface area (TPSA) is 63.5 Å². The average Bonchev–Trinajstić information content (AvgIpc) is 2.76. The monoisotopic (exact) mass is 290 g/mol. The highest BCUT2D eigenvalue weighted by Crippen LogP contribution is 2.25. The molecular weight excluding hydrogens is 268 g/mol. The van der Waals surface area contributed by atoms with Gasteiger partial charge in [0.15, 0.2) is 0 Å². The lowest BCUT2D eigenvalue weighted by molar-refractivity contribution is 0.0482. The van der Waals surface area contributed by atoms with Crippen LogP contribution < -0.4 is 5.32 Å². The van der Waals surface area contributed by atoms with Crippen LogP contribution in [0.5, 0.6) is 0 Å².